The van der Waals surface area contributed by atoms with E-state index in [2.05, 4.69) is 4.98 Å². The second-order valence-corrected chi connectivity index (χ2v) is 5.56. The number of fused-ring (bicyclic) bond motifs is 3. The van der Waals surface area contributed by atoms with E-state index in [0.717, 1.165) is 5.39 Å². The molecule has 5 heteroatoms. The number of Topliss-reactive ketones (excluding diaryl/α,β-unsaturated/α-hetero) is 1. The summed E-state index contributed by atoms with van der Waals surface area (Å²) < 4.78 is 7.06. The van der Waals surface area contributed by atoms with Crippen molar-refractivity contribution in [2.75, 3.05) is 0 Å². The van der Waals surface area contributed by atoms with Crippen LogP contribution in [-0.2, 0) is 6.54 Å². The smallest absolute Gasteiger partial charge is 0.297 e. The summed E-state index contributed by atoms with van der Waals surface area (Å²) in [6, 6.07) is 16.4. The summed E-state index contributed by atoms with van der Waals surface area (Å²) in [5.41, 5.74) is 1.79. The lowest BCUT2D eigenvalue weighted by atomic mass is 10.1. The molecule has 5 nitrogen and oxygen atoms in total. The van der Waals surface area contributed by atoms with Crippen molar-refractivity contribution in [3.05, 3.63) is 76.8 Å². The Labute approximate surface area is 137 Å². The van der Waals surface area contributed by atoms with Gasteiger partial charge in [0, 0.05) is 23.9 Å². The predicted molar refractivity (Wildman–Crippen MR) is 91.2 cm³/mol. The van der Waals surface area contributed by atoms with Gasteiger partial charge in [-0.15, -0.1) is 0 Å². The quantitative estimate of drug-likeness (QED) is 0.541. The van der Waals surface area contributed by atoms with E-state index in [1.54, 1.807) is 18.2 Å². The van der Waals surface area contributed by atoms with Crippen LogP contribution in [0.2, 0.25) is 0 Å². The number of hydrogen-bond donors (Lipinski definition) is 0. The highest BCUT2D eigenvalue weighted by atomic mass is 16.3. The Morgan fingerprint density at radius 3 is 2.62 bits per heavy atom. The lowest BCUT2D eigenvalue weighted by Gasteiger charge is -2.04. The highest BCUT2D eigenvalue weighted by molar-refractivity contribution is 6.01. The average Bonchev–Trinajstić information content (AvgIpc) is 3.01. The minimum atomic E-state index is -0.267. The molecule has 0 aliphatic heterocycles. The third-order valence-corrected chi connectivity index (χ3v) is 4.03. The first-order valence-electron chi connectivity index (χ1n) is 7.69. The fourth-order valence-corrected chi connectivity index (χ4v) is 2.76. The molecule has 0 fully saturated rings. The van der Waals surface area contributed by atoms with Gasteiger partial charge in [-0.3, -0.25) is 14.2 Å². The third kappa shape index (κ3) is 2.40. The number of aryl methyl sites for hydroxylation is 1. The molecule has 0 aliphatic carbocycles. The van der Waals surface area contributed by atoms with Gasteiger partial charge in [-0.25, -0.2) is 4.98 Å². The van der Waals surface area contributed by atoms with E-state index in [9.17, 15) is 9.59 Å². The maximum absolute atomic E-state index is 12.6. The minimum absolute atomic E-state index is 0.00722. The lowest BCUT2D eigenvalue weighted by molar-refractivity contribution is 0.0976. The van der Waals surface area contributed by atoms with Crippen molar-refractivity contribution in [2.24, 2.45) is 0 Å². The Bertz CT molecular complexity index is 1090. The molecular formula is C19H14N2O3. The Kier molecular flexibility index (Phi) is 3.46. The van der Waals surface area contributed by atoms with Crippen LogP contribution in [0.4, 0.5) is 0 Å². The molecule has 118 valence electrons. The van der Waals surface area contributed by atoms with Gasteiger partial charge in [-0.2, -0.15) is 0 Å². The maximum Gasteiger partial charge on any atom is 0.297 e. The van der Waals surface area contributed by atoms with Gasteiger partial charge in [0.2, 0.25) is 5.58 Å². The summed E-state index contributed by atoms with van der Waals surface area (Å²) in [6.07, 6.45) is 1.71. The number of furan rings is 1. The Hall–Kier alpha value is -3.21. The van der Waals surface area contributed by atoms with Gasteiger partial charge < -0.3 is 4.42 Å². The van der Waals surface area contributed by atoms with Gasteiger partial charge in [0.1, 0.15) is 11.1 Å². The summed E-state index contributed by atoms with van der Waals surface area (Å²) in [7, 11) is 0. The predicted octanol–water partition coefficient (Wildman–Crippen LogP) is 3.42. The highest BCUT2D eigenvalue weighted by Gasteiger charge is 2.13. The molecule has 4 rings (SSSR count). The second-order valence-electron chi connectivity index (χ2n) is 5.56. The molecule has 0 amide bonds. The summed E-state index contributed by atoms with van der Waals surface area (Å²) >= 11 is 0. The van der Waals surface area contributed by atoms with Crippen molar-refractivity contribution in [3.8, 4) is 0 Å². The number of nitrogens with zero attached hydrogens (tertiary/aromatic N) is 2. The summed E-state index contributed by atoms with van der Waals surface area (Å²) in [5.74, 6) is -0.00722. The van der Waals surface area contributed by atoms with Crippen LogP contribution in [-0.4, -0.2) is 15.3 Å². The van der Waals surface area contributed by atoms with Gasteiger partial charge in [0.15, 0.2) is 5.78 Å². The zero-order valence-electron chi connectivity index (χ0n) is 12.8. The molecule has 2 aromatic carbocycles. The van der Waals surface area contributed by atoms with Gasteiger partial charge in [-0.05, 0) is 12.1 Å². The van der Waals surface area contributed by atoms with E-state index >= 15 is 0 Å². The van der Waals surface area contributed by atoms with Gasteiger partial charge in [0.05, 0.1) is 6.33 Å². The SMILES string of the molecule is O=C(CCn1cnc2c(oc3ccccc32)c1=O)c1ccccc1. The molecule has 0 saturated heterocycles. The number of rotatable bonds is 4. The summed E-state index contributed by atoms with van der Waals surface area (Å²) in [6.45, 7) is 0.270. The number of para-hydroxylation sites is 1. The monoisotopic (exact) mass is 318 g/mol. The molecule has 2 heterocycles. The number of carbonyl (C=O) groups excluding carboxylic acids is 1. The summed E-state index contributed by atoms with van der Waals surface area (Å²) in [4.78, 5) is 29.1. The van der Waals surface area contributed by atoms with Crippen LogP contribution in [0.5, 0.6) is 0 Å². The van der Waals surface area contributed by atoms with Crippen molar-refractivity contribution in [1.82, 2.24) is 9.55 Å². The number of ketones is 1. The van der Waals surface area contributed by atoms with E-state index in [1.807, 2.05) is 36.4 Å². The molecule has 0 spiro atoms. The van der Waals surface area contributed by atoms with Crippen LogP contribution in [0.3, 0.4) is 0 Å². The third-order valence-electron chi connectivity index (χ3n) is 4.03. The fourth-order valence-electron chi connectivity index (χ4n) is 2.76. The number of hydrogen-bond acceptors (Lipinski definition) is 4. The minimum Gasteiger partial charge on any atom is -0.448 e. The number of carbonyl (C=O) groups is 1. The van der Waals surface area contributed by atoms with Gasteiger partial charge >= 0.3 is 0 Å². The Morgan fingerprint density at radius 2 is 1.79 bits per heavy atom. The molecule has 2 aromatic heterocycles. The highest BCUT2D eigenvalue weighted by Crippen LogP contribution is 2.24. The first-order chi connectivity index (χ1) is 11.7. The zero-order valence-corrected chi connectivity index (χ0v) is 12.8. The average molecular weight is 318 g/mol. The standard InChI is InChI=1S/C19H14N2O3/c22-15(13-6-2-1-3-7-13)10-11-21-12-20-17-14-8-4-5-9-16(14)24-18(17)19(21)23/h1-9,12H,10-11H2. The topological polar surface area (TPSA) is 65.1 Å². The van der Waals surface area contributed by atoms with Crippen LogP contribution in [0.1, 0.15) is 16.8 Å². The Balaban J connectivity index is 1.65. The van der Waals surface area contributed by atoms with Crippen LogP contribution in [0.15, 0.2) is 70.1 Å². The molecule has 0 aliphatic rings. The van der Waals surface area contributed by atoms with Crippen LogP contribution in [0, 0.1) is 0 Å². The summed E-state index contributed by atoms with van der Waals surface area (Å²) in [5, 5.41) is 0.817. The van der Waals surface area contributed by atoms with E-state index in [-0.39, 0.29) is 29.9 Å². The van der Waals surface area contributed by atoms with Crippen molar-refractivity contribution in [2.45, 2.75) is 13.0 Å². The van der Waals surface area contributed by atoms with E-state index in [4.69, 9.17) is 4.42 Å². The van der Waals surface area contributed by atoms with E-state index in [0.29, 0.717) is 16.7 Å². The number of aromatic nitrogens is 2. The second kappa shape index (κ2) is 5.77. The van der Waals surface area contributed by atoms with E-state index in [1.165, 1.54) is 10.9 Å². The molecule has 24 heavy (non-hydrogen) atoms. The largest absolute Gasteiger partial charge is 0.448 e. The van der Waals surface area contributed by atoms with Crippen molar-refractivity contribution in [1.29, 1.82) is 0 Å². The van der Waals surface area contributed by atoms with Crippen molar-refractivity contribution < 1.29 is 9.21 Å². The van der Waals surface area contributed by atoms with Crippen molar-refractivity contribution >= 4 is 27.9 Å². The first kappa shape index (κ1) is 14.4. The number of benzene rings is 2. The van der Waals surface area contributed by atoms with Crippen LogP contribution >= 0.6 is 0 Å². The molecule has 0 unspecified atom stereocenters. The van der Waals surface area contributed by atoms with Gasteiger partial charge in [-0.1, -0.05) is 42.5 Å². The zero-order chi connectivity index (χ0) is 16.5. The molecule has 0 atom stereocenters. The first-order valence-corrected chi connectivity index (χ1v) is 7.69. The molecular weight excluding hydrogens is 304 g/mol. The van der Waals surface area contributed by atoms with Gasteiger partial charge in [0.25, 0.3) is 5.56 Å². The lowest BCUT2D eigenvalue weighted by Crippen LogP contribution is -2.21. The molecule has 0 N–H and O–H groups in total. The van der Waals surface area contributed by atoms with Crippen LogP contribution < -0.4 is 5.56 Å². The van der Waals surface area contributed by atoms with E-state index < -0.39 is 0 Å². The molecule has 0 radical (unpaired) electrons. The molecule has 0 saturated carbocycles. The normalized spacial score (nSPS) is 11.2. The molecule has 0 bridgehead atoms. The fraction of sp³-hybridized carbons (Fsp3) is 0.105. The molecule has 4 aromatic rings. The maximum atomic E-state index is 12.6. The van der Waals surface area contributed by atoms with Crippen LogP contribution in [0.25, 0.3) is 22.1 Å². The van der Waals surface area contributed by atoms with Crippen molar-refractivity contribution in [3.63, 3.8) is 0 Å². The Morgan fingerprint density at radius 1 is 1.04 bits per heavy atom.